The van der Waals surface area contributed by atoms with Gasteiger partial charge in [0.2, 0.25) is 0 Å². The summed E-state index contributed by atoms with van der Waals surface area (Å²) in [6, 6.07) is 23.2. The minimum atomic E-state index is -0.351. The molecule has 3 aromatic carbocycles. The number of rotatable bonds is 7. The first kappa shape index (κ1) is 22.6. The quantitative estimate of drug-likeness (QED) is 0.448. The molecule has 1 saturated heterocycles. The Balaban J connectivity index is 1.39. The van der Waals surface area contributed by atoms with Gasteiger partial charge in [0, 0.05) is 0 Å². The van der Waals surface area contributed by atoms with Crippen molar-refractivity contribution in [1.82, 2.24) is 4.90 Å². The van der Waals surface area contributed by atoms with E-state index in [1.807, 2.05) is 30.3 Å². The zero-order valence-electron chi connectivity index (χ0n) is 17.4. The van der Waals surface area contributed by atoms with Crippen molar-refractivity contribution in [2.45, 2.75) is 6.54 Å². The van der Waals surface area contributed by atoms with Crippen LogP contribution in [0.3, 0.4) is 0 Å². The summed E-state index contributed by atoms with van der Waals surface area (Å²) in [7, 11) is 0. The SMILES string of the molecule is O=C(COc1cccc(/C=C2\SC(=O)N(Cc3ccccc3)C2=O)c1)Nc1ccccc1Cl. The van der Waals surface area contributed by atoms with Gasteiger partial charge in [0.1, 0.15) is 5.75 Å². The van der Waals surface area contributed by atoms with E-state index in [-0.39, 0.29) is 30.2 Å². The number of hydrogen-bond donors (Lipinski definition) is 1. The molecule has 0 aliphatic carbocycles. The van der Waals surface area contributed by atoms with E-state index in [1.54, 1.807) is 54.6 Å². The fraction of sp³-hybridized carbons (Fsp3) is 0.0800. The van der Waals surface area contributed by atoms with Gasteiger partial charge in [0.25, 0.3) is 17.1 Å². The maximum absolute atomic E-state index is 12.7. The second-order valence-electron chi connectivity index (χ2n) is 7.14. The van der Waals surface area contributed by atoms with Crippen LogP contribution in [0.15, 0.2) is 83.8 Å². The van der Waals surface area contributed by atoms with Crippen molar-refractivity contribution >= 4 is 52.2 Å². The van der Waals surface area contributed by atoms with Gasteiger partial charge in [0.05, 0.1) is 22.2 Å². The number of para-hydroxylation sites is 1. The Bertz CT molecular complexity index is 1230. The Kier molecular flexibility index (Phi) is 7.12. The molecule has 8 heteroatoms. The molecule has 33 heavy (non-hydrogen) atoms. The smallest absolute Gasteiger partial charge is 0.293 e. The van der Waals surface area contributed by atoms with Gasteiger partial charge in [-0.3, -0.25) is 19.3 Å². The van der Waals surface area contributed by atoms with Crippen molar-refractivity contribution in [2.75, 3.05) is 11.9 Å². The van der Waals surface area contributed by atoms with Crippen LogP contribution in [0.2, 0.25) is 5.02 Å². The molecule has 1 heterocycles. The molecule has 0 atom stereocenters. The van der Waals surface area contributed by atoms with Crippen molar-refractivity contribution < 1.29 is 19.1 Å². The van der Waals surface area contributed by atoms with Crippen molar-refractivity contribution in [3.63, 3.8) is 0 Å². The molecule has 1 aliphatic rings. The van der Waals surface area contributed by atoms with Crippen LogP contribution in [0.4, 0.5) is 10.5 Å². The highest BCUT2D eigenvalue weighted by atomic mass is 35.5. The van der Waals surface area contributed by atoms with Crippen LogP contribution in [0.1, 0.15) is 11.1 Å². The molecule has 0 spiro atoms. The number of benzene rings is 3. The molecule has 3 aromatic rings. The van der Waals surface area contributed by atoms with Crippen LogP contribution >= 0.6 is 23.4 Å². The van der Waals surface area contributed by atoms with Gasteiger partial charge in [-0.15, -0.1) is 0 Å². The summed E-state index contributed by atoms with van der Waals surface area (Å²) in [4.78, 5) is 38.8. The van der Waals surface area contributed by atoms with E-state index in [2.05, 4.69) is 5.32 Å². The highest BCUT2D eigenvalue weighted by molar-refractivity contribution is 8.18. The molecule has 1 aliphatic heterocycles. The predicted molar refractivity (Wildman–Crippen MR) is 130 cm³/mol. The third-order valence-corrected chi connectivity index (χ3v) is 5.97. The van der Waals surface area contributed by atoms with E-state index in [1.165, 1.54) is 4.90 Å². The highest BCUT2D eigenvalue weighted by Crippen LogP contribution is 2.33. The number of anilines is 1. The Morgan fingerprint density at radius 2 is 1.76 bits per heavy atom. The highest BCUT2D eigenvalue weighted by Gasteiger charge is 2.34. The standard InChI is InChI=1S/C25H19ClN2O4S/c26-20-11-4-5-12-21(20)27-23(29)16-32-19-10-6-9-18(13-19)14-22-24(30)28(25(31)33-22)15-17-7-2-1-3-8-17/h1-14H,15-16H2,(H,27,29)/b22-14-. The van der Waals surface area contributed by atoms with Crippen molar-refractivity contribution in [2.24, 2.45) is 0 Å². The number of carbonyl (C=O) groups is 3. The number of imide groups is 1. The Morgan fingerprint density at radius 3 is 2.55 bits per heavy atom. The summed E-state index contributed by atoms with van der Waals surface area (Å²) in [5, 5.41) is 2.82. The number of nitrogens with zero attached hydrogens (tertiary/aromatic N) is 1. The minimum Gasteiger partial charge on any atom is -0.484 e. The van der Waals surface area contributed by atoms with Gasteiger partial charge >= 0.3 is 0 Å². The lowest BCUT2D eigenvalue weighted by Crippen LogP contribution is -2.27. The molecule has 1 fully saturated rings. The van der Waals surface area contributed by atoms with E-state index in [0.717, 1.165) is 17.3 Å². The number of hydrogen-bond acceptors (Lipinski definition) is 5. The average molecular weight is 479 g/mol. The van der Waals surface area contributed by atoms with E-state index in [0.29, 0.717) is 26.9 Å². The summed E-state index contributed by atoms with van der Waals surface area (Å²) in [5.41, 5.74) is 2.07. The molecule has 0 radical (unpaired) electrons. The number of nitrogens with one attached hydrogen (secondary N) is 1. The van der Waals surface area contributed by atoms with E-state index < -0.39 is 0 Å². The summed E-state index contributed by atoms with van der Waals surface area (Å²) in [6.45, 7) is 0.0226. The molecule has 0 unspecified atom stereocenters. The molecule has 0 saturated carbocycles. The molecule has 166 valence electrons. The molecule has 0 aromatic heterocycles. The van der Waals surface area contributed by atoms with Crippen molar-refractivity contribution in [1.29, 1.82) is 0 Å². The lowest BCUT2D eigenvalue weighted by atomic mass is 10.2. The third kappa shape index (κ3) is 5.83. The predicted octanol–water partition coefficient (Wildman–Crippen LogP) is 5.59. The van der Waals surface area contributed by atoms with Crippen molar-refractivity contribution in [3.05, 3.63) is 99.9 Å². The monoisotopic (exact) mass is 478 g/mol. The molecule has 4 rings (SSSR count). The van der Waals surface area contributed by atoms with E-state index in [9.17, 15) is 14.4 Å². The maximum Gasteiger partial charge on any atom is 0.293 e. The first-order valence-corrected chi connectivity index (χ1v) is 11.3. The summed E-state index contributed by atoms with van der Waals surface area (Å²) < 4.78 is 5.58. The molecular weight excluding hydrogens is 460 g/mol. The molecule has 1 N–H and O–H groups in total. The van der Waals surface area contributed by atoms with E-state index in [4.69, 9.17) is 16.3 Å². The van der Waals surface area contributed by atoms with Crippen LogP contribution in [-0.2, 0) is 16.1 Å². The number of ether oxygens (including phenoxy) is 1. The molecule has 6 nitrogen and oxygen atoms in total. The molecule has 3 amide bonds. The fourth-order valence-corrected chi connectivity index (χ4v) is 4.17. The lowest BCUT2D eigenvalue weighted by molar-refractivity contribution is -0.123. The number of thioether (sulfide) groups is 1. The minimum absolute atomic E-state index is 0.206. The third-order valence-electron chi connectivity index (χ3n) is 4.73. The van der Waals surface area contributed by atoms with E-state index >= 15 is 0 Å². The second-order valence-corrected chi connectivity index (χ2v) is 8.54. The van der Waals surface area contributed by atoms with Gasteiger partial charge in [-0.25, -0.2) is 0 Å². The first-order valence-electron chi connectivity index (χ1n) is 10.1. The van der Waals surface area contributed by atoms with Crippen LogP contribution in [0.25, 0.3) is 6.08 Å². The summed E-state index contributed by atoms with van der Waals surface area (Å²) in [5.74, 6) is -0.226. The van der Waals surface area contributed by atoms with Gasteiger partial charge in [0.15, 0.2) is 6.61 Å². The zero-order chi connectivity index (χ0) is 23.2. The Hall–Kier alpha value is -3.55. The van der Waals surface area contributed by atoms with Gasteiger partial charge in [-0.1, -0.05) is 66.2 Å². The van der Waals surface area contributed by atoms with Gasteiger partial charge in [-0.2, -0.15) is 0 Å². The van der Waals surface area contributed by atoms with Crippen LogP contribution < -0.4 is 10.1 Å². The molecule has 0 bridgehead atoms. The number of carbonyl (C=O) groups excluding carboxylic acids is 3. The topological polar surface area (TPSA) is 75.7 Å². The number of halogens is 1. The average Bonchev–Trinajstić information content (AvgIpc) is 3.07. The van der Waals surface area contributed by atoms with Crippen LogP contribution in [0, 0.1) is 0 Å². The van der Waals surface area contributed by atoms with Gasteiger partial charge in [-0.05, 0) is 53.2 Å². The van der Waals surface area contributed by atoms with Gasteiger partial charge < -0.3 is 10.1 Å². The second kappa shape index (κ2) is 10.4. The fourth-order valence-electron chi connectivity index (χ4n) is 3.15. The number of amides is 3. The summed E-state index contributed by atoms with van der Waals surface area (Å²) in [6.07, 6.45) is 1.65. The molecular formula is C25H19ClN2O4S. The Labute approximate surface area is 200 Å². The van der Waals surface area contributed by atoms with Crippen molar-refractivity contribution in [3.8, 4) is 5.75 Å². The Morgan fingerprint density at radius 1 is 1.00 bits per heavy atom. The lowest BCUT2D eigenvalue weighted by Gasteiger charge is -2.12. The largest absolute Gasteiger partial charge is 0.484 e. The first-order chi connectivity index (χ1) is 16.0. The van der Waals surface area contributed by atoms with Crippen LogP contribution in [-0.4, -0.2) is 28.6 Å². The van der Waals surface area contributed by atoms with Crippen LogP contribution in [0.5, 0.6) is 5.75 Å². The zero-order valence-corrected chi connectivity index (χ0v) is 18.9. The summed E-state index contributed by atoms with van der Waals surface area (Å²) >= 11 is 6.95. The normalized spacial score (nSPS) is 14.6. The maximum atomic E-state index is 12.7.